The Kier molecular flexibility index (Phi) is 6.38. The smallest absolute Gasteiger partial charge is 0.417 e. The van der Waals surface area contributed by atoms with Crippen LogP contribution in [-0.2, 0) is 31.1 Å². The number of nitrogens with zero attached hydrogens (tertiary/aromatic N) is 3. The van der Waals surface area contributed by atoms with E-state index < -0.39 is 42.8 Å². The van der Waals surface area contributed by atoms with Crippen molar-refractivity contribution in [3.8, 4) is 11.3 Å². The maximum Gasteiger partial charge on any atom is 0.417 e. The van der Waals surface area contributed by atoms with E-state index in [1.165, 1.54) is 25.3 Å². The third-order valence-electron chi connectivity index (χ3n) is 5.19. The zero-order chi connectivity index (χ0) is 25.9. The van der Waals surface area contributed by atoms with E-state index in [0.29, 0.717) is 21.7 Å². The molecule has 0 spiro atoms. The van der Waals surface area contributed by atoms with Gasteiger partial charge < -0.3 is 9.84 Å². The predicted octanol–water partition coefficient (Wildman–Crippen LogP) is 4.13. The van der Waals surface area contributed by atoms with Crippen LogP contribution in [0, 0.1) is 6.92 Å². The van der Waals surface area contributed by atoms with Crippen LogP contribution < -0.4 is 0 Å². The van der Waals surface area contributed by atoms with Gasteiger partial charge in [-0.2, -0.15) is 18.3 Å². The Morgan fingerprint density at radius 2 is 1.82 bits per heavy atom. The lowest BCUT2D eigenvalue weighted by Crippen LogP contribution is -2.42. The summed E-state index contributed by atoms with van der Waals surface area (Å²) in [5.41, 5.74) is -1.92. The molecule has 0 saturated carbocycles. The first kappa shape index (κ1) is 26.1. The van der Waals surface area contributed by atoms with E-state index in [9.17, 15) is 31.5 Å². The van der Waals surface area contributed by atoms with Crippen molar-refractivity contribution in [3.05, 3.63) is 34.5 Å². The van der Waals surface area contributed by atoms with Crippen molar-refractivity contribution >= 4 is 32.1 Å². The van der Waals surface area contributed by atoms with Gasteiger partial charge in [0.15, 0.2) is 14.6 Å². The summed E-state index contributed by atoms with van der Waals surface area (Å²) in [6.45, 7) is 8.00. The summed E-state index contributed by atoms with van der Waals surface area (Å²) < 4.78 is 72.1. The molecule has 0 aliphatic carbocycles. The van der Waals surface area contributed by atoms with Gasteiger partial charge in [0.1, 0.15) is 10.6 Å². The number of halogens is 3. The number of aryl methyl sites for hydroxylation is 1. The van der Waals surface area contributed by atoms with Crippen LogP contribution in [0.2, 0.25) is 0 Å². The van der Waals surface area contributed by atoms with Crippen LogP contribution in [0.15, 0.2) is 23.1 Å². The maximum absolute atomic E-state index is 13.8. The van der Waals surface area contributed by atoms with Gasteiger partial charge in [-0.05, 0) is 53.7 Å². The minimum atomic E-state index is -5.00. The Bertz CT molecular complexity index is 1370. The summed E-state index contributed by atoms with van der Waals surface area (Å²) in [6.07, 6.45) is -5.00. The third-order valence-corrected chi connectivity index (χ3v) is 8.84. The van der Waals surface area contributed by atoms with Gasteiger partial charge in [-0.3, -0.25) is 4.79 Å². The number of alkyl halides is 3. The molecule has 1 aromatic carbocycles. The molecule has 0 atom stereocenters. The van der Waals surface area contributed by atoms with Crippen LogP contribution in [0.5, 0.6) is 0 Å². The number of ether oxygens (including phenoxy) is 1. The van der Waals surface area contributed by atoms with Crippen molar-refractivity contribution in [2.24, 2.45) is 0 Å². The molecule has 0 aliphatic rings. The number of esters is 1. The first-order valence-electron chi connectivity index (χ1n) is 10.2. The van der Waals surface area contributed by atoms with E-state index in [1.807, 2.05) is 0 Å². The van der Waals surface area contributed by atoms with Crippen molar-refractivity contribution < 1.29 is 36.2 Å². The molecule has 2 heterocycles. The van der Waals surface area contributed by atoms with Gasteiger partial charge in [-0.25, -0.2) is 17.9 Å². The molecule has 186 valence electrons. The lowest BCUT2D eigenvalue weighted by atomic mass is 10.1. The fraction of sp³-hybridized carbons (Fsp3) is 0.476. The average molecular weight is 520 g/mol. The molecule has 0 fully saturated rings. The molecule has 8 nitrogen and oxygen atoms in total. The summed E-state index contributed by atoms with van der Waals surface area (Å²) in [4.78, 5) is 16.0. The Morgan fingerprint density at radius 3 is 2.35 bits per heavy atom. The number of carbonyl (C=O) groups excluding carboxylic acids is 1. The highest BCUT2D eigenvalue weighted by Crippen LogP contribution is 2.41. The first-order chi connectivity index (χ1) is 15.4. The van der Waals surface area contributed by atoms with Crippen LogP contribution in [-0.4, -0.2) is 45.4 Å². The number of hydrogen-bond acceptors (Lipinski definition) is 8. The number of rotatable bonds is 6. The molecule has 1 N–H and O–H groups in total. The van der Waals surface area contributed by atoms with Crippen LogP contribution in [0.3, 0.4) is 0 Å². The number of aliphatic hydroxyl groups is 1. The molecular formula is C21H24F3N3O5S2. The molecule has 0 unspecified atom stereocenters. The number of sulfone groups is 1. The van der Waals surface area contributed by atoms with Gasteiger partial charge in [0.2, 0.25) is 4.96 Å². The molecule has 34 heavy (non-hydrogen) atoms. The monoisotopic (exact) mass is 519 g/mol. The van der Waals surface area contributed by atoms with Crippen LogP contribution in [0.4, 0.5) is 13.2 Å². The highest BCUT2D eigenvalue weighted by atomic mass is 32.2. The molecule has 2 aromatic heterocycles. The van der Waals surface area contributed by atoms with Crippen LogP contribution in [0.1, 0.15) is 50.9 Å². The number of carbonyl (C=O) groups is 1. The van der Waals surface area contributed by atoms with Crippen molar-refractivity contribution in [1.82, 2.24) is 14.6 Å². The predicted molar refractivity (Wildman–Crippen MR) is 119 cm³/mol. The summed E-state index contributed by atoms with van der Waals surface area (Å²) in [6, 6.07) is 2.66. The van der Waals surface area contributed by atoms with Crippen molar-refractivity contribution in [2.45, 2.75) is 63.0 Å². The van der Waals surface area contributed by atoms with Gasteiger partial charge in [0.25, 0.3) is 0 Å². The zero-order valence-corrected chi connectivity index (χ0v) is 20.9. The van der Waals surface area contributed by atoms with Crippen LogP contribution in [0.25, 0.3) is 16.2 Å². The number of fused-ring (bicyclic) bond motifs is 1. The van der Waals surface area contributed by atoms with Crippen molar-refractivity contribution in [2.75, 3.05) is 6.61 Å². The van der Waals surface area contributed by atoms with Gasteiger partial charge in [0, 0.05) is 5.56 Å². The first-order valence-corrected chi connectivity index (χ1v) is 12.5. The second-order valence-electron chi connectivity index (χ2n) is 8.65. The molecule has 0 radical (unpaired) electrons. The molecule has 3 aromatic rings. The van der Waals surface area contributed by atoms with Gasteiger partial charge in [-0.15, -0.1) is 0 Å². The van der Waals surface area contributed by atoms with E-state index >= 15 is 0 Å². The lowest BCUT2D eigenvalue weighted by Gasteiger charge is -2.25. The van der Waals surface area contributed by atoms with E-state index in [-0.39, 0.29) is 17.9 Å². The SMILES string of the molecule is CCOC(=O)C(C)(C)S(=O)(=O)c1cc(-c2c(C)nc3sc(C(C)(C)O)nn23)ccc1C(F)(F)F. The molecular weight excluding hydrogens is 495 g/mol. The Morgan fingerprint density at radius 1 is 1.21 bits per heavy atom. The Labute approximate surface area is 198 Å². The van der Waals surface area contributed by atoms with Gasteiger partial charge in [-0.1, -0.05) is 17.4 Å². The molecule has 0 aliphatic heterocycles. The summed E-state index contributed by atoms with van der Waals surface area (Å²) in [5, 5.41) is 14.9. The number of aromatic nitrogens is 3. The molecule has 3 rings (SSSR count). The van der Waals surface area contributed by atoms with E-state index in [2.05, 4.69) is 10.1 Å². The second-order valence-corrected chi connectivity index (χ2v) is 12.1. The second kappa shape index (κ2) is 8.31. The van der Waals surface area contributed by atoms with Crippen molar-refractivity contribution in [1.29, 1.82) is 0 Å². The fourth-order valence-corrected chi connectivity index (χ4v) is 5.77. The minimum absolute atomic E-state index is 0.101. The van der Waals surface area contributed by atoms with Gasteiger partial charge >= 0.3 is 12.1 Å². The zero-order valence-electron chi connectivity index (χ0n) is 19.3. The average Bonchev–Trinajstić information content (AvgIpc) is 3.23. The minimum Gasteiger partial charge on any atom is -0.465 e. The number of benzene rings is 1. The van der Waals surface area contributed by atoms with E-state index in [1.54, 1.807) is 6.92 Å². The lowest BCUT2D eigenvalue weighted by molar-refractivity contribution is -0.145. The normalized spacial score (nSPS) is 13.5. The summed E-state index contributed by atoms with van der Waals surface area (Å²) >= 11 is 1.10. The maximum atomic E-state index is 13.8. The summed E-state index contributed by atoms with van der Waals surface area (Å²) in [5.74, 6) is -1.16. The van der Waals surface area contributed by atoms with E-state index in [4.69, 9.17) is 4.74 Å². The fourth-order valence-electron chi connectivity index (χ4n) is 3.24. The molecule has 0 bridgehead atoms. The largest absolute Gasteiger partial charge is 0.465 e. The Hall–Kier alpha value is -2.51. The quantitative estimate of drug-likeness (QED) is 0.488. The number of imidazole rings is 1. The Balaban J connectivity index is 2.30. The van der Waals surface area contributed by atoms with Gasteiger partial charge in [0.05, 0.1) is 28.5 Å². The van der Waals surface area contributed by atoms with Crippen molar-refractivity contribution in [3.63, 3.8) is 0 Å². The topological polar surface area (TPSA) is 111 Å². The standard InChI is InChI=1S/C21H24F3N3O5S2/c1-7-32-17(28)20(5,6)34(30,31)14-10-12(8-9-13(14)21(22,23)24)15-11(2)25-18-27(15)26-16(33-18)19(3,4)29/h8-10,29H,7H2,1-6H3. The third kappa shape index (κ3) is 4.31. The number of hydrogen-bond donors (Lipinski definition) is 1. The summed E-state index contributed by atoms with van der Waals surface area (Å²) in [7, 11) is -4.85. The molecule has 13 heteroatoms. The molecule has 0 saturated heterocycles. The highest BCUT2D eigenvalue weighted by Gasteiger charge is 2.48. The van der Waals surface area contributed by atoms with E-state index in [0.717, 1.165) is 37.3 Å². The molecule has 0 amide bonds. The van der Waals surface area contributed by atoms with Crippen LogP contribution >= 0.6 is 11.3 Å². The highest BCUT2D eigenvalue weighted by molar-refractivity contribution is 7.93.